The molecule has 1 heterocycles. The van der Waals surface area contributed by atoms with Gasteiger partial charge in [0.1, 0.15) is 12.0 Å². The number of rotatable bonds is 3. The van der Waals surface area contributed by atoms with E-state index in [1.54, 1.807) is 6.07 Å². The number of anilines is 1. The number of aromatic nitrogens is 1. The largest absolute Gasteiger partial charge is 0.366 e. The first-order chi connectivity index (χ1) is 8.16. The molecule has 0 saturated heterocycles. The van der Waals surface area contributed by atoms with Gasteiger partial charge in [0, 0.05) is 18.2 Å². The minimum absolute atomic E-state index is 0.00323. The molecule has 0 aromatic carbocycles. The van der Waals surface area contributed by atoms with E-state index in [1.165, 1.54) is 25.1 Å². The van der Waals surface area contributed by atoms with Crippen LogP contribution < -0.4 is 11.1 Å². The van der Waals surface area contributed by atoms with E-state index in [9.17, 15) is 10.1 Å². The second-order valence-corrected chi connectivity index (χ2v) is 4.36. The van der Waals surface area contributed by atoms with Crippen LogP contribution >= 0.6 is 0 Å². The molecular weight excluding hydrogens is 220 g/mol. The first-order valence-electron chi connectivity index (χ1n) is 5.79. The zero-order chi connectivity index (χ0) is 12.3. The Labute approximate surface area is 99.4 Å². The fourth-order valence-electron chi connectivity index (χ4n) is 2.11. The monoisotopic (exact) mass is 236 g/mol. The van der Waals surface area contributed by atoms with Crippen LogP contribution in [0.3, 0.4) is 0 Å². The lowest BCUT2D eigenvalue weighted by Crippen LogP contribution is -2.42. The minimum Gasteiger partial charge on any atom is -0.366 e. The molecule has 0 spiro atoms. The summed E-state index contributed by atoms with van der Waals surface area (Å²) < 4.78 is 0. The Morgan fingerprint density at radius 3 is 2.76 bits per heavy atom. The topological polar surface area (TPSA) is 94.1 Å². The molecule has 3 N–H and O–H groups in total. The van der Waals surface area contributed by atoms with Crippen LogP contribution in [0.2, 0.25) is 0 Å². The zero-order valence-electron chi connectivity index (χ0n) is 9.50. The molecule has 0 radical (unpaired) electrons. The Morgan fingerprint density at radius 1 is 1.41 bits per heavy atom. The number of nitrogens with two attached hydrogens (primary N) is 1. The van der Waals surface area contributed by atoms with Gasteiger partial charge < -0.3 is 11.1 Å². The van der Waals surface area contributed by atoms with Gasteiger partial charge in [-0.1, -0.05) is 12.8 Å². The maximum Gasteiger partial charge on any atom is 0.287 e. The van der Waals surface area contributed by atoms with Gasteiger partial charge in [0.25, 0.3) is 5.69 Å². The van der Waals surface area contributed by atoms with Crippen molar-refractivity contribution in [3.05, 3.63) is 28.4 Å². The van der Waals surface area contributed by atoms with Crippen LogP contribution in [0.4, 0.5) is 11.5 Å². The van der Waals surface area contributed by atoms with Crippen molar-refractivity contribution in [1.29, 1.82) is 0 Å². The zero-order valence-corrected chi connectivity index (χ0v) is 9.50. The van der Waals surface area contributed by atoms with Gasteiger partial charge in [-0.2, -0.15) is 0 Å². The van der Waals surface area contributed by atoms with Crippen LogP contribution in [0.15, 0.2) is 18.3 Å². The Morgan fingerprint density at radius 2 is 2.18 bits per heavy atom. The lowest BCUT2D eigenvalue weighted by molar-refractivity contribution is -0.385. The average Bonchev–Trinajstić information content (AvgIpc) is 2.33. The molecule has 17 heavy (non-hydrogen) atoms. The number of nitrogens with zero attached hydrogens (tertiary/aromatic N) is 2. The average molecular weight is 236 g/mol. The van der Waals surface area contributed by atoms with E-state index in [2.05, 4.69) is 10.3 Å². The highest BCUT2D eigenvalue weighted by molar-refractivity contribution is 5.41. The van der Waals surface area contributed by atoms with Crippen LogP contribution in [0.5, 0.6) is 0 Å². The van der Waals surface area contributed by atoms with E-state index >= 15 is 0 Å². The molecular formula is C11H16N4O2. The SMILES string of the molecule is N[C@@H]1CCCC[C@@H]1Nc1ccc([N+](=O)[O-])cn1. The molecule has 1 saturated carbocycles. The molecule has 0 bridgehead atoms. The van der Waals surface area contributed by atoms with Gasteiger partial charge in [-0.3, -0.25) is 10.1 Å². The summed E-state index contributed by atoms with van der Waals surface area (Å²) in [6.45, 7) is 0. The van der Waals surface area contributed by atoms with Gasteiger partial charge in [0.15, 0.2) is 0 Å². The lowest BCUT2D eigenvalue weighted by atomic mass is 9.91. The van der Waals surface area contributed by atoms with Crippen LogP contribution in [0.1, 0.15) is 25.7 Å². The molecule has 0 unspecified atom stereocenters. The van der Waals surface area contributed by atoms with E-state index in [4.69, 9.17) is 5.73 Å². The summed E-state index contributed by atoms with van der Waals surface area (Å²) in [6, 6.07) is 3.43. The third kappa shape index (κ3) is 2.91. The van der Waals surface area contributed by atoms with Gasteiger partial charge in [-0.15, -0.1) is 0 Å². The van der Waals surface area contributed by atoms with Gasteiger partial charge in [-0.05, 0) is 18.9 Å². The number of nitrogens with one attached hydrogen (secondary N) is 1. The summed E-state index contributed by atoms with van der Waals surface area (Å²) >= 11 is 0. The van der Waals surface area contributed by atoms with Crippen LogP contribution in [-0.4, -0.2) is 22.0 Å². The molecule has 1 aromatic heterocycles. The first-order valence-corrected chi connectivity index (χ1v) is 5.79. The Hall–Kier alpha value is -1.69. The Kier molecular flexibility index (Phi) is 3.53. The number of pyridine rings is 1. The molecule has 6 heteroatoms. The molecule has 0 aliphatic heterocycles. The molecule has 1 aliphatic carbocycles. The van der Waals surface area contributed by atoms with Gasteiger partial charge in [-0.25, -0.2) is 4.98 Å². The minimum atomic E-state index is -0.455. The highest BCUT2D eigenvalue weighted by atomic mass is 16.6. The fraction of sp³-hybridized carbons (Fsp3) is 0.545. The Bertz CT molecular complexity index is 393. The lowest BCUT2D eigenvalue weighted by Gasteiger charge is -2.29. The molecule has 0 amide bonds. The van der Waals surface area contributed by atoms with E-state index in [0.717, 1.165) is 12.8 Å². The second-order valence-electron chi connectivity index (χ2n) is 4.36. The maximum absolute atomic E-state index is 10.5. The quantitative estimate of drug-likeness (QED) is 0.615. The van der Waals surface area contributed by atoms with Crippen molar-refractivity contribution < 1.29 is 4.92 Å². The molecule has 1 aliphatic rings. The van der Waals surface area contributed by atoms with Crippen LogP contribution in [0.25, 0.3) is 0 Å². The number of hydrogen-bond acceptors (Lipinski definition) is 5. The number of nitro groups is 1. The summed E-state index contributed by atoms with van der Waals surface area (Å²) in [5.41, 5.74) is 6.01. The molecule has 92 valence electrons. The normalized spacial score (nSPS) is 24.3. The maximum atomic E-state index is 10.5. The van der Waals surface area contributed by atoms with E-state index in [0.29, 0.717) is 5.82 Å². The van der Waals surface area contributed by atoms with Crippen LogP contribution in [0, 0.1) is 10.1 Å². The van der Waals surface area contributed by atoms with Crippen molar-refractivity contribution in [3.8, 4) is 0 Å². The fourth-order valence-corrected chi connectivity index (χ4v) is 2.11. The summed E-state index contributed by atoms with van der Waals surface area (Å²) in [5, 5.41) is 13.7. The van der Waals surface area contributed by atoms with Crippen molar-refractivity contribution >= 4 is 11.5 Å². The third-order valence-corrected chi connectivity index (χ3v) is 3.11. The molecule has 1 fully saturated rings. The molecule has 2 atom stereocenters. The summed E-state index contributed by atoms with van der Waals surface area (Å²) in [4.78, 5) is 14.0. The van der Waals surface area contributed by atoms with Gasteiger partial charge >= 0.3 is 0 Å². The standard InChI is InChI=1S/C11H16N4O2/c12-9-3-1-2-4-10(9)14-11-6-5-8(7-13-11)15(16)17/h5-7,9-10H,1-4,12H2,(H,13,14)/t9-,10+/m1/s1. The second kappa shape index (κ2) is 5.09. The van der Waals surface area contributed by atoms with Crippen molar-refractivity contribution in [2.75, 3.05) is 5.32 Å². The predicted octanol–water partition coefficient (Wildman–Crippen LogP) is 1.67. The summed E-state index contributed by atoms with van der Waals surface area (Å²) in [6.07, 6.45) is 5.65. The smallest absolute Gasteiger partial charge is 0.287 e. The van der Waals surface area contributed by atoms with Crippen molar-refractivity contribution in [3.63, 3.8) is 0 Å². The molecule has 1 aromatic rings. The van der Waals surface area contributed by atoms with Crippen molar-refractivity contribution in [2.24, 2.45) is 5.73 Å². The molecule has 2 rings (SSSR count). The highest BCUT2D eigenvalue weighted by Gasteiger charge is 2.21. The summed E-state index contributed by atoms with van der Waals surface area (Å²) in [5.74, 6) is 0.651. The van der Waals surface area contributed by atoms with Crippen molar-refractivity contribution in [1.82, 2.24) is 4.98 Å². The van der Waals surface area contributed by atoms with Gasteiger partial charge in [0.2, 0.25) is 0 Å². The van der Waals surface area contributed by atoms with Crippen LogP contribution in [-0.2, 0) is 0 Å². The number of hydrogen-bond donors (Lipinski definition) is 2. The van der Waals surface area contributed by atoms with E-state index < -0.39 is 4.92 Å². The third-order valence-electron chi connectivity index (χ3n) is 3.11. The predicted molar refractivity (Wildman–Crippen MR) is 64.7 cm³/mol. The van der Waals surface area contributed by atoms with E-state index in [-0.39, 0.29) is 17.8 Å². The highest BCUT2D eigenvalue weighted by Crippen LogP contribution is 2.21. The molecule has 6 nitrogen and oxygen atoms in total. The van der Waals surface area contributed by atoms with Gasteiger partial charge in [0.05, 0.1) is 4.92 Å². The summed E-state index contributed by atoms with van der Waals surface area (Å²) in [7, 11) is 0. The van der Waals surface area contributed by atoms with Crippen molar-refractivity contribution in [2.45, 2.75) is 37.8 Å². The Balaban J connectivity index is 2.00. The van der Waals surface area contributed by atoms with E-state index in [1.807, 2.05) is 0 Å². The first kappa shape index (κ1) is 11.8.